The first-order valence-electron chi connectivity index (χ1n) is 5.40. The van der Waals surface area contributed by atoms with E-state index in [4.69, 9.17) is 10.5 Å². The minimum absolute atomic E-state index is 0.124. The first-order valence-corrected chi connectivity index (χ1v) is 5.40. The van der Waals surface area contributed by atoms with Crippen molar-refractivity contribution in [1.29, 1.82) is 0 Å². The van der Waals surface area contributed by atoms with Gasteiger partial charge < -0.3 is 10.5 Å². The highest BCUT2D eigenvalue weighted by Gasteiger charge is 2.14. The Labute approximate surface area is 103 Å². The maximum Gasteiger partial charge on any atom is 0.358 e. The maximum absolute atomic E-state index is 12.8. The van der Waals surface area contributed by atoms with Gasteiger partial charge in [0.2, 0.25) is 0 Å². The maximum atomic E-state index is 12.8. The van der Waals surface area contributed by atoms with Crippen LogP contribution in [0, 0.1) is 5.82 Å². The van der Waals surface area contributed by atoms with Crippen molar-refractivity contribution in [3.63, 3.8) is 0 Å². The Bertz CT molecular complexity index is 563. The van der Waals surface area contributed by atoms with Crippen LogP contribution in [0.15, 0.2) is 30.3 Å². The van der Waals surface area contributed by atoms with Crippen LogP contribution < -0.4 is 5.73 Å². The lowest BCUT2D eigenvalue weighted by Gasteiger charge is -2.03. The molecule has 0 aliphatic heterocycles. The molecule has 1 aromatic heterocycles. The molecule has 0 fully saturated rings. The number of aromatic nitrogens is 2. The van der Waals surface area contributed by atoms with E-state index in [-0.39, 0.29) is 23.9 Å². The van der Waals surface area contributed by atoms with E-state index >= 15 is 0 Å². The zero-order valence-electron chi connectivity index (χ0n) is 9.76. The average Bonchev–Trinajstić information content (AvgIpc) is 2.73. The van der Waals surface area contributed by atoms with Gasteiger partial charge in [0.25, 0.3) is 0 Å². The molecular formula is C12H12FN3O2. The van der Waals surface area contributed by atoms with Gasteiger partial charge in [-0.2, -0.15) is 5.10 Å². The van der Waals surface area contributed by atoms with E-state index in [2.05, 4.69) is 5.10 Å². The third-order valence-corrected chi connectivity index (χ3v) is 2.29. The Kier molecular flexibility index (Phi) is 3.27. The molecule has 0 aliphatic rings. The number of hydrogen-bond donors (Lipinski definition) is 1. The summed E-state index contributed by atoms with van der Waals surface area (Å²) in [4.78, 5) is 11.5. The summed E-state index contributed by atoms with van der Waals surface area (Å²) in [6, 6.07) is 7.05. The number of rotatable bonds is 3. The molecule has 0 saturated heterocycles. The standard InChI is InChI=1S/C12H12FN3O2/c1-2-18-12(17)10-7-11(14)16(15-10)9-5-3-8(13)4-6-9/h3-7H,2,14H2,1H3. The summed E-state index contributed by atoms with van der Waals surface area (Å²) in [5.41, 5.74) is 6.44. The summed E-state index contributed by atoms with van der Waals surface area (Å²) in [5, 5.41) is 4.02. The monoisotopic (exact) mass is 249 g/mol. The Morgan fingerprint density at radius 1 is 1.44 bits per heavy atom. The van der Waals surface area contributed by atoms with Crippen molar-refractivity contribution in [1.82, 2.24) is 9.78 Å². The minimum atomic E-state index is -0.537. The largest absolute Gasteiger partial charge is 0.461 e. The number of hydrogen-bond acceptors (Lipinski definition) is 4. The van der Waals surface area contributed by atoms with E-state index in [0.717, 1.165) is 0 Å². The molecule has 2 rings (SSSR count). The minimum Gasteiger partial charge on any atom is -0.461 e. The van der Waals surface area contributed by atoms with E-state index in [1.54, 1.807) is 6.92 Å². The highest BCUT2D eigenvalue weighted by molar-refractivity contribution is 5.88. The number of esters is 1. The van der Waals surface area contributed by atoms with E-state index in [1.807, 2.05) is 0 Å². The summed E-state index contributed by atoms with van der Waals surface area (Å²) in [7, 11) is 0. The fourth-order valence-electron chi connectivity index (χ4n) is 1.49. The van der Waals surface area contributed by atoms with Crippen LogP contribution in [0.1, 0.15) is 17.4 Å². The molecule has 2 aromatic rings. The van der Waals surface area contributed by atoms with Gasteiger partial charge in [-0.1, -0.05) is 0 Å². The number of benzene rings is 1. The molecule has 0 radical (unpaired) electrons. The molecule has 18 heavy (non-hydrogen) atoms. The lowest BCUT2D eigenvalue weighted by atomic mass is 10.3. The molecule has 1 aromatic carbocycles. The molecule has 2 N–H and O–H groups in total. The SMILES string of the molecule is CCOC(=O)c1cc(N)n(-c2ccc(F)cc2)n1. The van der Waals surface area contributed by atoms with Gasteiger partial charge in [0.1, 0.15) is 11.6 Å². The summed E-state index contributed by atoms with van der Waals surface area (Å²) in [6.45, 7) is 1.97. The van der Waals surface area contributed by atoms with Gasteiger partial charge in [-0.3, -0.25) is 0 Å². The normalized spacial score (nSPS) is 10.3. The van der Waals surface area contributed by atoms with E-state index in [1.165, 1.54) is 35.0 Å². The van der Waals surface area contributed by atoms with Crippen molar-refractivity contribution in [2.24, 2.45) is 0 Å². The van der Waals surface area contributed by atoms with Crippen LogP contribution in [0.3, 0.4) is 0 Å². The van der Waals surface area contributed by atoms with Crippen molar-refractivity contribution in [3.8, 4) is 5.69 Å². The van der Waals surface area contributed by atoms with E-state index in [0.29, 0.717) is 5.69 Å². The van der Waals surface area contributed by atoms with Gasteiger partial charge >= 0.3 is 5.97 Å². The molecule has 0 atom stereocenters. The Balaban J connectivity index is 2.34. The molecule has 6 heteroatoms. The Morgan fingerprint density at radius 2 is 2.11 bits per heavy atom. The molecule has 94 valence electrons. The molecule has 0 unspecified atom stereocenters. The summed E-state index contributed by atoms with van der Waals surface area (Å²) in [5.74, 6) is -0.607. The van der Waals surface area contributed by atoms with Crippen LogP contribution in [0.5, 0.6) is 0 Å². The topological polar surface area (TPSA) is 70.1 Å². The summed E-state index contributed by atoms with van der Waals surface area (Å²) in [6.07, 6.45) is 0. The van der Waals surface area contributed by atoms with Crippen molar-refractivity contribution < 1.29 is 13.9 Å². The predicted molar refractivity (Wildman–Crippen MR) is 63.9 cm³/mol. The second kappa shape index (κ2) is 4.87. The molecule has 1 heterocycles. The number of nitrogens with zero attached hydrogens (tertiary/aromatic N) is 2. The average molecular weight is 249 g/mol. The molecule has 0 bridgehead atoms. The summed E-state index contributed by atoms with van der Waals surface area (Å²) < 4.78 is 19.0. The van der Waals surface area contributed by atoms with Crippen molar-refractivity contribution in [3.05, 3.63) is 41.8 Å². The molecule has 0 saturated carbocycles. The lowest BCUT2D eigenvalue weighted by Crippen LogP contribution is -2.07. The summed E-state index contributed by atoms with van der Waals surface area (Å²) >= 11 is 0. The molecule has 0 aliphatic carbocycles. The van der Waals surface area contributed by atoms with Gasteiger partial charge in [0, 0.05) is 6.07 Å². The highest BCUT2D eigenvalue weighted by Crippen LogP contribution is 2.15. The number of carbonyl (C=O) groups excluding carboxylic acids is 1. The fraction of sp³-hybridized carbons (Fsp3) is 0.167. The van der Waals surface area contributed by atoms with Gasteiger partial charge in [-0.25, -0.2) is 13.9 Å². The third-order valence-electron chi connectivity index (χ3n) is 2.29. The molecule has 0 amide bonds. The van der Waals surface area contributed by atoms with Crippen LogP contribution in [-0.2, 0) is 4.74 Å². The van der Waals surface area contributed by atoms with Gasteiger partial charge in [0.15, 0.2) is 5.69 Å². The second-order valence-electron chi connectivity index (χ2n) is 3.56. The second-order valence-corrected chi connectivity index (χ2v) is 3.56. The van der Waals surface area contributed by atoms with Crippen LogP contribution >= 0.6 is 0 Å². The van der Waals surface area contributed by atoms with Crippen LogP contribution in [0.25, 0.3) is 5.69 Å². The van der Waals surface area contributed by atoms with Crippen molar-refractivity contribution in [2.75, 3.05) is 12.3 Å². The number of anilines is 1. The van der Waals surface area contributed by atoms with Gasteiger partial charge in [-0.05, 0) is 31.2 Å². The van der Waals surface area contributed by atoms with Crippen LogP contribution in [-0.4, -0.2) is 22.4 Å². The zero-order chi connectivity index (χ0) is 13.1. The smallest absolute Gasteiger partial charge is 0.358 e. The fourth-order valence-corrected chi connectivity index (χ4v) is 1.49. The predicted octanol–water partition coefficient (Wildman–Crippen LogP) is 1.77. The first kappa shape index (κ1) is 12.1. The van der Waals surface area contributed by atoms with Crippen molar-refractivity contribution in [2.45, 2.75) is 6.92 Å². The van der Waals surface area contributed by atoms with Gasteiger partial charge in [-0.15, -0.1) is 0 Å². The number of halogens is 1. The lowest BCUT2D eigenvalue weighted by molar-refractivity contribution is 0.0519. The van der Waals surface area contributed by atoms with Gasteiger partial charge in [0.05, 0.1) is 12.3 Å². The van der Waals surface area contributed by atoms with E-state index < -0.39 is 5.97 Å². The Hall–Kier alpha value is -2.37. The first-order chi connectivity index (χ1) is 8.61. The van der Waals surface area contributed by atoms with Crippen LogP contribution in [0.4, 0.5) is 10.2 Å². The molecule has 0 spiro atoms. The number of nitrogens with two attached hydrogens (primary N) is 1. The Morgan fingerprint density at radius 3 is 2.72 bits per heavy atom. The van der Waals surface area contributed by atoms with Crippen LogP contribution in [0.2, 0.25) is 0 Å². The van der Waals surface area contributed by atoms with E-state index in [9.17, 15) is 9.18 Å². The number of nitrogen functional groups attached to an aromatic ring is 1. The third kappa shape index (κ3) is 2.32. The quantitative estimate of drug-likeness (QED) is 0.841. The molecule has 5 nitrogen and oxygen atoms in total. The number of ether oxygens (including phenoxy) is 1. The molecular weight excluding hydrogens is 237 g/mol. The van der Waals surface area contributed by atoms with Crippen molar-refractivity contribution >= 4 is 11.8 Å². The highest BCUT2D eigenvalue weighted by atomic mass is 19.1. The number of carbonyl (C=O) groups is 1. The zero-order valence-corrected chi connectivity index (χ0v) is 9.76.